The van der Waals surface area contributed by atoms with Crippen molar-refractivity contribution in [2.75, 3.05) is 13.1 Å². The maximum Gasteiger partial charge on any atom is 0.335 e. The van der Waals surface area contributed by atoms with E-state index >= 15 is 0 Å². The summed E-state index contributed by atoms with van der Waals surface area (Å²) in [4.78, 5) is 37.7. The normalized spacial score (nSPS) is 14.6. The van der Waals surface area contributed by atoms with Gasteiger partial charge in [-0.15, -0.1) is 0 Å². The molecule has 0 saturated carbocycles. The van der Waals surface area contributed by atoms with Gasteiger partial charge in [-0.05, 0) is 111 Å². The van der Waals surface area contributed by atoms with Crippen LogP contribution in [0.1, 0.15) is 53.0 Å². The first-order valence-electron chi connectivity index (χ1n) is 12.3. The van der Waals surface area contributed by atoms with E-state index < -0.39 is 11.6 Å². The minimum absolute atomic E-state index is 0.0379. The van der Waals surface area contributed by atoms with Gasteiger partial charge in [-0.2, -0.15) is 0 Å². The van der Waals surface area contributed by atoms with Crippen LogP contribution in [0.5, 0.6) is 5.75 Å². The van der Waals surface area contributed by atoms with Crippen molar-refractivity contribution >= 4 is 41.2 Å². The number of ether oxygens (including phenoxy) is 1. The molecule has 1 amide bonds. The second kappa shape index (κ2) is 12.0. The molecule has 7 nitrogen and oxygen atoms in total. The molecule has 1 aliphatic rings. The second-order valence-corrected chi connectivity index (χ2v) is 11.2. The first kappa shape index (κ1) is 27.7. The van der Waals surface area contributed by atoms with Crippen LogP contribution in [0.4, 0.5) is 0 Å². The molecule has 0 aromatic heterocycles. The zero-order valence-electron chi connectivity index (χ0n) is 21.1. The van der Waals surface area contributed by atoms with Crippen LogP contribution in [0.25, 0.3) is 0 Å². The van der Waals surface area contributed by atoms with Crippen LogP contribution in [0.15, 0.2) is 77.7 Å². The fraction of sp³-hybridized carbons (Fsp3) is 0.276. The van der Waals surface area contributed by atoms with Crippen molar-refractivity contribution in [1.82, 2.24) is 9.62 Å². The van der Waals surface area contributed by atoms with E-state index in [1.54, 1.807) is 86.5 Å². The zero-order chi connectivity index (χ0) is 27.3. The highest BCUT2D eigenvalue weighted by Crippen LogP contribution is 2.27. The first-order valence-corrected chi connectivity index (χ1v) is 13.4. The lowest BCUT2D eigenvalue weighted by atomic mass is 10.0. The molecular weight excluding hydrogens is 524 g/mol. The number of piperidine rings is 1. The summed E-state index contributed by atoms with van der Waals surface area (Å²) >= 11 is 7.49. The molecule has 0 aliphatic carbocycles. The van der Waals surface area contributed by atoms with Crippen LogP contribution >= 0.6 is 23.5 Å². The molecule has 1 saturated heterocycles. The molecule has 3 aromatic carbocycles. The van der Waals surface area contributed by atoms with Gasteiger partial charge in [-0.1, -0.05) is 11.6 Å². The van der Waals surface area contributed by atoms with Gasteiger partial charge in [0, 0.05) is 40.2 Å². The summed E-state index contributed by atoms with van der Waals surface area (Å²) in [5.41, 5.74) is 0.232. The largest absolute Gasteiger partial charge is 0.478 e. The number of nitrogens with one attached hydrogen (secondary N) is 1. The van der Waals surface area contributed by atoms with Crippen LogP contribution in [0.2, 0.25) is 5.02 Å². The molecular formula is C29H29ClN2O5S. The third-order valence-corrected chi connectivity index (χ3v) is 7.63. The summed E-state index contributed by atoms with van der Waals surface area (Å²) < 4.78 is 8.21. The average molecular weight is 553 g/mol. The predicted octanol–water partition coefficient (Wildman–Crippen LogP) is 5.71. The number of amides is 1. The second-order valence-electron chi connectivity index (χ2n) is 9.57. The van der Waals surface area contributed by atoms with E-state index in [0.29, 0.717) is 21.9 Å². The topological polar surface area (TPSA) is 95.9 Å². The Hall–Kier alpha value is -3.33. The lowest BCUT2D eigenvalue weighted by Gasteiger charge is -2.33. The van der Waals surface area contributed by atoms with Gasteiger partial charge in [-0.3, -0.25) is 9.59 Å². The predicted molar refractivity (Wildman–Crippen MR) is 148 cm³/mol. The molecule has 38 heavy (non-hydrogen) atoms. The number of nitrogens with zero attached hydrogens (tertiary/aromatic N) is 1. The SMILES string of the molecule is CC(C)(Oc1ccc(C(=O)c2ccc(Cl)cc2)cc1)C(=O)NC1CCN(Sc2ccc(C(=O)O)cc2)CC1. The van der Waals surface area contributed by atoms with Gasteiger partial charge >= 0.3 is 5.97 Å². The summed E-state index contributed by atoms with van der Waals surface area (Å²) in [5, 5.41) is 12.7. The number of hydrogen-bond donors (Lipinski definition) is 2. The smallest absolute Gasteiger partial charge is 0.335 e. The lowest BCUT2D eigenvalue weighted by Crippen LogP contribution is -2.52. The highest BCUT2D eigenvalue weighted by atomic mass is 35.5. The summed E-state index contributed by atoms with van der Waals surface area (Å²) in [6.07, 6.45) is 1.59. The fourth-order valence-corrected chi connectivity index (χ4v) is 5.12. The van der Waals surface area contributed by atoms with E-state index in [2.05, 4.69) is 9.62 Å². The Morgan fingerprint density at radius 3 is 1.97 bits per heavy atom. The minimum atomic E-state index is -1.10. The molecule has 2 N–H and O–H groups in total. The van der Waals surface area contributed by atoms with Crippen LogP contribution in [-0.2, 0) is 4.79 Å². The molecule has 1 heterocycles. The third-order valence-electron chi connectivity index (χ3n) is 6.27. The number of carbonyl (C=O) groups is 3. The van der Waals surface area contributed by atoms with Crippen molar-refractivity contribution in [3.8, 4) is 5.75 Å². The molecule has 0 atom stereocenters. The quantitative estimate of drug-likeness (QED) is 0.259. The van der Waals surface area contributed by atoms with E-state index in [9.17, 15) is 14.4 Å². The van der Waals surface area contributed by atoms with Crippen molar-refractivity contribution in [2.24, 2.45) is 0 Å². The minimum Gasteiger partial charge on any atom is -0.478 e. The Labute approximate surface area is 231 Å². The Kier molecular flexibility index (Phi) is 8.76. The van der Waals surface area contributed by atoms with Gasteiger partial charge < -0.3 is 15.2 Å². The van der Waals surface area contributed by atoms with Gasteiger partial charge in [0.2, 0.25) is 0 Å². The summed E-state index contributed by atoms with van der Waals surface area (Å²) in [6, 6.07) is 20.3. The number of carboxylic acid groups (broad SMARTS) is 1. The summed E-state index contributed by atoms with van der Waals surface area (Å²) in [5.74, 6) is -0.759. The van der Waals surface area contributed by atoms with Crippen LogP contribution < -0.4 is 10.1 Å². The van der Waals surface area contributed by atoms with Crippen molar-refractivity contribution in [2.45, 2.75) is 43.2 Å². The maximum absolute atomic E-state index is 13.0. The van der Waals surface area contributed by atoms with Gasteiger partial charge in [0.25, 0.3) is 5.91 Å². The number of carboxylic acids is 1. The number of benzene rings is 3. The Morgan fingerprint density at radius 1 is 0.895 bits per heavy atom. The average Bonchev–Trinajstić information content (AvgIpc) is 2.90. The molecule has 1 fully saturated rings. The van der Waals surface area contributed by atoms with Gasteiger partial charge in [0.05, 0.1) is 5.56 Å². The maximum atomic E-state index is 13.0. The summed E-state index contributed by atoms with van der Waals surface area (Å²) in [7, 11) is 0. The number of hydrogen-bond acceptors (Lipinski definition) is 6. The number of carbonyl (C=O) groups excluding carboxylic acids is 2. The number of halogens is 1. The first-order chi connectivity index (χ1) is 18.1. The lowest BCUT2D eigenvalue weighted by molar-refractivity contribution is -0.135. The van der Waals surface area contributed by atoms with Crippen LogP contribution in [-0.4, -0.2) is 51.8 Å². The van der Waals surface area contributed by atoms with Crippen molar-refractivity contribution in [1.29, 1.82) is 0 Å². The van der Waals surface area contributed by atoms with Crippen molar-refractivity contribution < 1.29 is 24.2 Å². The standard InChI is InChI=1S/C29H29ClN2O5S/c1-29(2,37-24-11-5-20(6-12-24)26(33)19-3-9-22(30)10-4-19)28(36)31-23-15-17-32(18-16-23)38-25-13-7-21(8-14-25)27(34)35/h3-14,23H,15-18H2,1-2H3,(H,31,36)(H,34,35). The summed E-state index contributed by atoms with van der Waals surface area (Å²) in [6.45, 7) is 5.03. The molecule has 4 rings (SSSR count). The van der Waals surface area contributed by atoms with Gasteiger partial charge in [0.1, 0.15) is 5.75 Å². The van der Waals surface area contributed by atoms with Crippen molar-refractivity contribution in [3.63, 3.8) is 0 Å². The van der Waals surface area contributed by atoms with E-state index in [-0.39, 0.29) is 23.3 Å². The van der Waals surface area contributed by atoms with Gasteiger partial charge in [0.15, 0.2) is 11.4 Å². The molecule has 0 radical (unpaired) electrons. The van der Waals surface area contributed by atoms with E-state index in [0.717, 1.165) is 30.8 Å². The Bertz CT molecular complexity index is 1290. The third kappa shape index (κ3) is 7.16. The van der Waals surface area contributed by atoms with E-state index in [1.165, 1.54) is 0 Å². The van der Waals surface area contributed by atoms with E-state index in [1.807, 2.05) is 12.1 Å². The Morgan fingerprint density at radius 2 is 1.42 bits per heavy atom. The monoisotopic (exact) mass is 552 g/mol. The van der Waals surface area contributed by atoms with Gasteiger partial charge in [-0.25, -0.2) is 9.10 Å². The molecule has 3 aromatic rings. The van der Waals surface area contributed by atoms with Crippen LogP contribution in [0.3, 0.4) is 0 Å². The number of rotatable bonds is 9. The molecule has 0 bridgehead atoms. The van der Waals surface area contributed by atoms with E-state index in [4.69, 9.17) is 21.4 Å². The molecule has 198 valence electrons. The molecule has 1 aliphatic heterocycles. The van der Waals surface area contributed by atoms with Crippen molar-refractivity contribution in [3.05, 3.63) is 94.5 Å². The number of aromatic carboxylic acids is 1. The molecule has 0 unspecified atom stereocenters. The highest BCUT2D eigenvalue weighted by molar-refractivity contribution is 7.97. The molecule has 0 spiro atoms. The Balaban J connectivity index is 1.26. The number of ketones is 1. The fourth-order valence-electron chi connectivity index (χ4n) is 4.04. The highest BCUT2D eigenvalue weighted by Gasteiger charge is 2.32. The van der Waals surface area contributed by atoms with Crippen LogP contribution in [0, 0.1) is 0 Å². The zero-order valence-corrected chi connectivity index (χ0v) is 22.7. The molecule has 9 heteroatoms.